The molecule has 0 saturated heterocycles. The summed E-state index contributed by atoms with van der Waals surface area (Å²) in [5.41, 5.74) is 0.780. The number of amides is 1. The van der Waals surface area contributed by atoms with Crippen molar-refractivity contribution in [2.24, 2.45) is 0 Å². The minimum Gasteiger partial charge on any atom is -0.497 e. The van der Waals surface area contributed by atoms with Gasteiger partial charge in [-0.3, -0.25) is 0 Å². The van der Waals surface area contributed by atoms with Crippen molar-refractivity contribution < 1.29 is 24.1 Å². The molecule has 0 aliphatic carbocycles. The fourth-order valence-electron chi connectivity index (χ4n) is 1.61. The molecule has 0 aliphatic heterocycles. The first-order valence-corrected chi connectivity index (χ1v) is 5.88. The van der Waals surface area contributed by atoms with E-state index in [1.807, 2.05) is 0 Å². The highest BCUT2D eigenvalue weighted by molar-refractivity contribution is 5.68. The molecule has 0 aromatic heterocycles. The van der Waals surface area contributed by atoms with Crippen LogP contribution in [0.4, 0.5) is 4.79 Å². The minimum absolute atomic E-state index is 0.0339. The Kier molecular flexibility index (Phi) is 5.95. The predicted octanol–water partition coefficient (Wildman–Crippen LogP) is 1.48. The quantitative estimate of drug-likeness (QED) is 0.818. The fraction of sp³-hybridized carbons (Fsp3) is 0.462. The highest BCUT2D eigenvalue weighted by Gasteiger charge is 2.15. The van der Waals surface area contributed by atoms with Crippen molar-refractivity contribution in [3.05, 3.63) is 23.8 Å². The van der Waals surface area contributed by atoms with Crippen LogP contribution in [0, 0.1) is 0 Å². The molecule has 1 unspecified atom stereocenters. The topological polar surface area (TPSA) is 77.0 Å². The van der Waals surface area contributed by atoms with Crippen LogP contribution in [0.2, 0.25) is 0 Å². The lowest BCUT2D eigenvalue weighted by Crippen LogP contribution is -2.28. The third-order valence-corrected chi connectivity index (χ3v) is 2.56. The Morgan fingerprint density at radius 1 is 1.37 bits per heavy atom. The third-order valence-electron chi connectivity index (χ3n) is 2.56. The lowest BCUT2D eigenvalue weighted by Gasteiger charge is -2.18. The summed E-state index contributed by atoms with van der Waals surface area (Å²) in [6.07, 6.45) is -0.591. The minimum atomic E-state index is -0.591. The Morgan fingerprint density at radius 2 is 2.11 bits per heavy atom. The van der Waals surface area contributed by atoms with Crippen LogP contribution in [0.15, 0.2) is 18.2 Å². The normalized spacial score (nSPS) is 11.6. The number of ether oxygens (including phenoxy) is 3. The standard InChI is InChI=1S/C13H19NO5/c1-9(14-13(16)19-7-6-15)11-8-10(17-2)4-5-12(11)18-3/h4-5,8-9,15H,6-7H2,1-3H3,(H,14,16). The van der Waals surface area contributed by atoms with E-state index in [2.05, 4.69) is 5.32 Å². The van der Waals surface area contributed by atoms with Gasteiger partial charge < -0.3 is 24.6 Å². The molecular weight excluding hydrogens is 250 g/mol. The van der Waals surface area contributed by atoms with Crippen LogP contribution < -0.4 is 14.8 Å². The number of hydrogen-bond acceptors (Lipinski definition) is 5. The van der Waals surface area contributed by atoms with Gasteiger partial charge in [-0.25, -0.2) is 4.79 Å². The first kappa shape index (κ1) is 15.1. The van der Waals surface area contributed by atoms with Crippen LogP contribution in [0.3, 0.4) is 0 Å². The number of nitrogens with one attached hydrogen (secondary N) is 1. The lowest BCUT2D eigenvalue weighted by atomic mass is 10.1. The molecule has 0 aliphatic rings. The molecule has 1 rings (SSSR count). The number of aliphatic hydroxyl groups is 1. The van der Waals surface area contributed by atoms with Crippen molar-refractivity contribution in [3.8, 4) is 11.5 Å². The van der Waals surface area contributed by atoms with E-state index in [1.54, 1.807) is 39.3 Å². The number of methoxy groups -OCH3 is 2. The highest BCUT2D eigenvalue weighted by Crippen LogP contribution is 2.29. The summed E-state index contributed by atoms with van der Waals surface area (Å²) in [6, 6.07) is 5.02. The van der Waals surface area contributed by atoms with E-state index in [-0.39, 0.29) is 19.3 Å². The summed E-state index contributed by atoms with van der Waals surface area (Å²) in [4.78, 5) is 11.4. The van der Waals surface area contributed by atoms with Crippen LogP contribution in [0.1, 0.15) is 18.5 Å². The monoisotopic (exact) mass is 269 g/mol. The average molecular weight is 269 g/mol. The zero-order valence-corrected chi connectivity index (χ0v) is 11.3. The number of hydrogen-bond donors (Lipinski definition) is 2. The van der Waals surface area contributed by atoms with Crippen molar-refractivity contribution in [2.45, 2.75) is 13.0 Å². The zero-order chi connectivity index (χ0) is 14.3. The Balaban J connectivity index is 2.79. The maximum Gasteiger partial charge on any atom is 0.407 e. The van der Waals surface area contributed by atoms with Crippen molar-refractivity contribution in [3.63, 3.8) is 0 Å². The molecule has 0 heterocycles. The Hall–Kier alpha value is -1.95. The largest absolute Gasteiger partial charge is 0.497 e. The Labute approximate surface area is 112 Å². The van der Waals surface area contributed by atoms with E-state index >= 15 is 0 Å². The second-order valence-electron chi connectivity index (χ2n) is 3.83. The van der Waals surface area contributed by atoms with E-state index in [0.717, 1.165) is 5.56 Å². The lowest BCUT2D eigenvalue weighted by molar-refractivity contribution is 0.116. The smallest absolute Gasteiger partial charge is 0.407 e. The average Bonchev–Trinajstić information content (AvgIpc) is 2.44. The van der Waals surface area contributed by atoms with Gasteiger partial charge >= 0.3 is 6.09 Å². The number of aliphatic hydroxyl groups excluding tert-OH is 1. The van der Waals surface area contributed by atoms with Gasteiger partial charge in [0.2, 0.25) is 0 Å². The first-order chi connectivity index (χ1) is 9.12. The molecule has 6 nitrogen and oxygen atoms in total. The van der Waals surface area contributed by atoms with Crippen molar-refractivity contribution in [1.29, 1.82) is 0 Å². The summed E-state index contributed by atoms with van der Waals surface area (Å²) in [5.74, 6) is 1.32. The number of rotatable bonds is 6. The molecule has 1 amide bonds. The van der Waals surface area contributed by atoms with Gasteiger partial charge in [0.05, 0.1) is 26.9 Å². The van der Waals surface area contributed by atoms with E-state index in [9.17, 15) is 4.79 Å². The molecule has 0 radical (unpaired) electrons. The second kappa shape index (κ2) is 7.48. The molecule has 106 valence electrons. The van der Waals surface area contributed by atoms with E-state index in [4.69, 9.17) is 19.3 Å². The van der Waals surface area contributed by atoms with Crippen LogP contribution in [0.25, 0.3) is 0 Å². The van der Waals surface area contributed by atoms with Crippen molar-refractivity contribution >= 4 is 6.09 Å². The zero-order valence-electron chi connectivity index (χ0n) is 11.3. The van der Waals surface area contributed by atoms with Crippen LogP contribution >= 0.6 is 0 Å². The molecule has 2 N–H and O–H groups in total. The van der Waals surface area contributed by atoms with Crippen LogP contribution in [-0.2, 0) is 4.74 Å². The second-order valence-corrected chi connectivity index (χ2v) is 3.83. The van der Waals surface area contributed by atoms with Gasteiger partial charge in [-0.15, -0.1) is 0 Å². The van der Waals surface area contributed by atoms with E-state index in [0.29, 0.717) is 11.5 Å². The molecular formula is C13H19NO5. The van der Waals surface area contributed by atoms with Crippen molar-refractivity contribution in [2.75, 3.05) is 27.4 Å². The molecule has 0 fully saturated rings. The summed E-state index contributed by atoms with van der Waals surface area (Å²) in [5, 5.41) is 11.2. The van der Waals surface area contributed by atoms with Crippen LogP contribution in [0.5, 0.6) is 11.5 Å². The molecule has 1 aromatic carbocycles. The third kappa shape index (κ3) is 4.33. The highest BCUT2D eigenvalue weighted by atomic mass is 16.6. The Bertz CT molecular complexity index is 421. The molecule has 0 bridgehead atoms. The summed E-state index contributed by atoms with van der Waals surface area (Å²) in [6.45, 7) is 1.57. The summed E-state index contributed by atoms with van der Waals surface area (Å²) < 4.78 is 15.1. The maximum absolute atomic E-state index is 11.4. The van der Waals surface area contributed by atoms with Gasteiger partial charge in [0.15, 0.2) is 0 Å². The van der Waals surface area contributed by atoms with E-state index in [1.165, 1.54) is 0 Å². The fourth-order valence-corrected chi connectivity index (χ4v) is 1.61. The first-order valence-electron chi connectivity index (χ1n) is 5.88. The maximum atomic E-state index is 11.4. The van der Waals surface area contributed by atoms with Crippen LogP contribution in [-0.4, -0.2) is 38.6 Å². The molecule has 1 atom stereocenters. The van der Waals surface area contributed by atoms with Gasteiger partial charge in [-0.05, 0) is 25.1 Å². The number of carbonyl (C=O) groups excluding carboxylic acids is 1. The van der Waals surface area contributed by atoms with Crippen molar-refractivity contribution in [1.82, 2.24) is 5.32 Å². The molecule has 0 saturated carbocycles. The summed E-state index contributed by atoms with van der Waals surface area (Å²) in [7, 11) is 3.13. The number of alkyl carbamates (subject to hydrolysis) is 1. The number of carbonyl (C=O) groups is 1. The van der Waals surface area contributed by atoms with Gasteiger partial charge in [0.25, 0.3) is 0 Å². The van der Waals surface area contributed by atoms with Gasteiger partial charge in [0.1, 0.15) is 18.1 Å². The SMILES string of the molecule is COc1ccc(OC)c(C(C)NC(=O)OCCO)c1. The van der Waals surface area contributed by atoms with E-state index < -0.39 is 6.09 Å². The van der Waals surface area contributed by atoms with Gasteiger partial charge in [0, 0.05) is 5.56 Å². The van der Waals surface area contributed by atoms with Gasteiger partial charge in [-0.2, -0.15) is 0 Å². The number of benzene rings is 1. The molecule has 6 heteroatoms. The summed E-state index contributed by atoms with van der Waals surface area (Å²) >= 11 is 0. The molecule has 19 heavy (non-hydrogen) atoms. The predicted molar refractivity (Wildman–Crippen MR) is 69.5 cm³/mol. The van der Waals surface area contributed by atoms with Gasteiger partial charge in [-0.1, -0.05) is 0 Å². The Morgan fingerprint density at radius 3 is 2.68 bits per heavy atom. The molecule has 1 aromatic rings. The molecule has 0 spiro atoms.